The SMILES string of the molecule is O=C(NC1CCOCC1)c1ccc2c(c1)sc1nc(-c3ccc(C4COCCN4)cc3F)cn12. The maximum absolute atomic E-state index is 15.0. The van der Waals surface area contributed by atoms with Crippen LogP contribution in [0.1, 0.15) is 34.8 Å². The number of nitrogens with zero attached hydrogens (tertiary/aromatic N) is 2. The molecule has 0 aliphatic carbocycles. The number of nitrogens with one attached hydrogen (secondary N) is 2. The number of amides is 1. The van der Waals surface area contributed by atoms with Gasteiger partial charge in [0.05, 0.1) is 35.2 Å². The van der Waals surface area contributed by atoms with E-state index in [1.54, 1.807) is 12.1 Å². The lowest BCUT2D eigenvalue weighted by molar-refractivity contribution is 0.0696. The van der Waals surface area contributed by atoms with E-state index in [1.165, 1.54) is 11.3 Å². The van der Waals surface area contributed by atoms with Crippen molar-refractivity contribution in [1.82, 2.24) is 20.0 Å². The molecule has 1 atom stereocenters. The van der Waals surface area contributed by atoms with Crippen LogP contribution in [0.3, 0.4) is 0 Å². The van der Waals surface area contributed by atoms with E-state index < -0.39 is 0 Å². The number of fused-ring (bicyclic) bond motifs is 3. The second-order valence-electron chi connectivity index (χ2n) is 8.74. The molecular weight excluding hydrogens is 455 g/mol. The van der Waals surface area contributed by atoms with Crippen molar-refractivity contribution in [2.24, 2.45) is 0 Å². The van der Waals surface area contributed by atoms with Crippen molar-refractivity contribution >= 4 is 32.4 Å². The molecule has 2 aliphatic rings. The van der Waals surface area contributed by atoms with Crippen molar-refractivity contribution in [3.63, 3.8) is 0 Å². The third kappa shape index (κ3) is 4.09. The summed E-state index contributed by atoms with van der Waals surface area (Å²) in [7, 11) is 0. The van der Waals surface area contributed by atoms with E-state index in [9.17, 15) is 4.79 Å². The van der Waals surface area contributed by atoms with E-state index in [1.807, 2.05) is 34.9 Å². The molecular formula is C25H25FN4O3S. The van der Waals surface area contributed by atoms with Gasteiger partial charge in [0.1, 0.15) is 5.82 Å². The molecule has 0 bridgehead atoms. The Morgan fingerprint density at radius 1 is 1.15 bits per heavy atom. The number of carbonyl (C=O) groups is 1. The van der Waals surface area contributed by atoms with Crippen LogP contribution in [-0.4, -0.2) is 54.3 Å². The van der Waals surface area contributed by atoms with Crippen LogP contribution in [0.25, 0.3) is 26.4 Å². The molecule has 34 heavy (non-hydrogen) atoms. The summed E-state index contributed by atoms with van der Waals surface area (Å²) in [6.45, 7) is 3.35. The first-order valence-corrected chi connectivity index (χ1v) is 12.4. The minimum absolute atomic E-state index is 0.00424. The predicted octanol–water partition coefficient (Wildman–Crippen LogP) is 3.92. The zero-order valence-electron chi connectivity index (χ0n) is 18.6. The van der Waals surface area contributed by atoms with Gasteiger partial charge in [0, 0.05) is 43.1 Å². The number of ether oxygens (including phenoxy) is 2. The summed E-state index contributed by atoms with van der Waals surface area (Å²) in [5, 5.41) is 6.45. The Morgan fingerprint density at radius 2 is 2.03 bits per heavy atom. The molecule has 2 aromatic carbocycles. The number of benzene rings is 2. The molecule has 1 amide bonds. The van der Waals surface area contributed by atoms with Crippen LogP contribution in [0.15, 0.2) is 42.6 Å². The Hall–Kier alpha value is -2.85. The summed E-state index contributed by atoms with van der Waals surface area (Å²) < 4.78 is 28.8. The van der Waals surface area contributed by atoms with Gasteiger partial charge in [-0.05, 0) is 48.7 Å². The fraction of sp³-hybridized carbons (Fsp3) is 0.360. The molecule has 0 spiro atoms. The average molecular weight is 481 g/mol. The zero-order chi connectivity index (χ0) is 23.1. The van der Waals surface area contributed by atoms with E-state index in [0.29, 0.717) is 43.2 Å². The van der Waals surface area contributed by atoms with Crippen LogP contribution >= 0.6 is 11.3 Å². The number of thiazole rings is 1. The third-order valence-electron chi connectivity index (χ3n) is 6.51. The van der Waals surface area contributed by atoms with Crippen LogP contribution in [0.4, 0.5) is 4.39 Å². The number of halogens is 1. The van der Waals surface area contributed by atoms with Crippen LogP contribution < -0.4 is 10.6 Å². The second kappa shape index (κ2) is 9.07. The first kappa shape index (κ1) is 21.7. The quantitative estimate of drug-likeness (QED) is 0.463. The summed E-state index contributed by atoms with van der Waals surface area (Å²) in [5.41, 5.74) is 3.51. The molecule has 7 nitrogen and oxygen atoms in total. The molecule has 2 N–H and O–H groups in total. The summed E-state index contributed by atoms with van der Waals surface area (Å²) in [4.78, 5) is 18.1. The Bertz CT molecular complexity index is 1360. The second-order valence-corrected chi connectivity index (χ2v) is 9.75. The third-order valence-corrected chi connectivity index (χ3v) is 7.52. The van der Waals surface area contributed by atoms with Gasteiger partial charge >= 0.3 is 0 Å². The molecule has 1 unspecified atom stereocenters. The molecule has 4 heterocycles. The first-order valence-electron chi connectivity index (χ1n) is 11.6. The Morgan fingerprint density at radius 3 is 2.82 bits per heavy atom. The van der Waals surface area contributed by atoms with Gasteiger partial charge < -0.3 is 20.1 Å². The van der Waals surface area contributed by atoms with Gasteiger partial charge in [-0.15, -0.1) is 0 Å². The lowest BCUT2D eigenvalue weighted by Gasteiger charge is -2.24. The van der Waals surface area contributed by atoms with E-state index in [-0.39, 0.29) is 23.8 Å². The van der Waals surface area contributed by atoms with E-state index in [0.717, 1.165) is 40.1 Å². The molecule has 2 fully saturated rings. The highest BCUT2D eigenvalue weighted by Gasteiger charge is 2.20. The smallest absolute Gasteiger partial charge is 0.251 e. The fourth-order valence-corrected chi connectivity index (χ4v) is 5.67. The summed E-state index contributed by atoms with van der Waals surface area (Å²) >= 11 is 1.49. The van der Waals surface area contributed by atoms with Crippen molar-refractivity contribution in [3.05, 3.63) is 59.5 Å². The fourth-order valence-electron chi connectivity index (χ4n) is 4.62. The van der Waals surface area contributed by atoms with Crippen LogP contribution in [0.2, 0.25) is 0 Å². The van der Waals surface area contributed by atoms with Crippen LogP contribution in [0, 0.1) is 5.82 Å². The highest BCUT2D eigenvalue weighted by atomic mass is 32.1. The average Bonchev–Trinajstić information content (AvgIpc) is 3.42. The van der Waals surface area contributed by atoms with Crippen molar-refractivity contribution < 1.29 is 18.7 Å². The largest absolute Gasteiger partial charge is 0.381 e. The molecule has 4 aromatic rings. The topological polar surface area (TPSA) is 76.9 Å². The highest BCUT2D eigenvalue weighted by molar-refractivity contribution is 7.23. The molecule has 2 aromatic heterocycles. The molecule has 6 rings (SSSR count). The van der Waals surface area contributed by atoms with Crippen LogP contribution in [0.5, 0.6) is 0 Å². The van der Waals surface area contributed by atoms with Gasteiger partial charge in [-0.3, -0.25) is 9.20 Å². The summed E-state index contributed by atoms with van der Waals surface area (Å²) in [5.74, 6) is -0.368. The number of carbonyl (C=O) groups excluding carboxylic acids is 1. The molecule has 0 radical (unpaired) electrons. The maximum Gasteiger partial charge on any atom is 0.251 e. The van der Waals surface area contributed by atoms with E-state index >= 15 is 4.39 Å². The van der Waals surface area contributed by atoms with Crippen molar-refractivity contribution in [2.45, 2.75) is 24.9 Å². The number of rotatable bonds is 4. The number of morpholine rings is 1. The molecule has 2 aliphatic heterocycles. The van der Waals surface area contributed by atoms with Gasteiger partial charge in [-0.1, -0.05) is 17.4 Å². The Labute approximate surface area is 199 Å². The number of hydrogen-bond acceptors (Lipinski definition) is 6. The number of imidazole rings is 1. The van der Waals surface area contributed by atoms with Gasteiger partial charge in [0.15, 0.2) is 4.96 Å². The number of aromatic nitrogens is 2. The molecule has 9 heteroatoms. The van der Waals surface area contributed by atoms with Crippen LogP contribution in [-0.2, 0) is 9.47 Å². The van der Waals surface area contributed by atoms with Crippen molar-refractivity contribution in [1.29, 1.82) is 0 Å². The van der Waals surface area contributed by atoms with Gasteiger partial charge in [0.25, 0.3) is 5.91 Å². The Balaban J connectivity index is 1.25. The zero-order valence-corrected chi connectivity index (χ0v) is 19.4. The summed E-state index contributed by atoms with van der Waals surface area (Å²) in [6.07, 6.45) is 3.54. The maximum atomic E-state index is 15.0. The monoisotopic (exact) mass is 480 g/mol. The predicted molar refractivity (Wildman–Crippen MR) is 129 cm³/mol. The first-order chi connectivity index (χ1) is 16.7. The number of hydrogen-bond donors (Lipinski definition) is 2. The van der Waals surface area contributed by atoms with Gasteiger partial charge in [0.2, 0.25) is 0 Å². The standard InChI is InChI=1S/C25H25FN4O3S/c26-19-11-15(21-14-33-10-7-27-21)1-3-18(19)20-13-30-22-4-2-16(12-23(22)34-25(30)29-20)24(31)28-17-5-8-32-9-6-17/h1-4,11-13,17,21,27H,5-10,14H2,(H,28,31). The summed E-state index contributed by atoms with van der Waals surface area (Å²) in [6, 6.07) is 11.1. The Kier molecular flexibility index (Phi) is 5.78. The molecule has 0 saturated carbocycles. The lowest BCUT2D eigenvalue weighted by atomic mass is 10.0. The normalized spacial score (nSPS) is 19.6. The van der Waals surface area contributed by atoms with Gasteiger partial charge in [-0.2, -0.15) is 0 Å². The molecule has 2 saturated heterocycles. The molecule has 176 valence electrons. The van der Waals surface area contributed by atoms with E-state index in [4.69, 9.17) is 9.47 Å². The van der Waals surface area contributed by atoms with Gasteiger partial charge in [-0.25, -0.2) is 9.37 Å². The minimum Gasteiger partial charge on any atom is -0.381 e. The van der Waals surface area contributed by atoms with E-state index in [2.05, 4.69) is 15.6 Å². The highest BCUT2D eigenvalue weighted by Crippen LogP contribution is 2.32. The van der Waals surface area contributed by atoms with Crippen molar-refractivity contribution in [2.75, 3.05) is 33.0 Å². The lowest BCUT2D eigenvalue weighted by Crippen LogP contribution is -2.38. The van der Waals surface area contributed by atoms with Crippen molar-refractivity contribution in [3.8, 4) is 11.3 Å². The minimum atomic E-state index is -0.299.